The molecule has 0 unspecified atom stereocenters. The number of nitrogens with zero attached hydrogens (tertiary/aromatic N) is 2. The van der Waals surface area contributed by atoms with E-state index in [1.165, 1.54) is 70.9 Å². The van der Waals surface area contributed by atoms with E-state index in [0.717, 1.165) is 15.6 Å². The van der Waals surface area contributed by atoms with E-state index >= 15 is 0 Å². The number of hydrogen-bond donors (Lipinski definition) is 0. The lowest BCUT2D eigenvalue weighted by atomic mass is 9.69. The summed E-state index contributed by atoms with van der Waals surface area (Å²) in [6.07, 6.45) is 0. The predicted octanol–water partition coefficient (Wildman–Crippen LogP) is 16.0. The highest BCUT2D eigenvalue weighted by molar-refractivity contribution is 9.10. The first-order valence-corrected chi connectivity index (χ1v) is 23.8. The summed E-state index contributed by atoms with van der Waals surface area (Å²) in [4.78, 5) is 4.82. The predicted molar refractivity (Wildman–Crippen MR) is 274 cm³/mol. The summed E-state index contributed by atoms with van der Waals surface area (Å²) < 4.78 is 16.5. The van der Waals surface area contributed by atoms with E-state index in [0.29, 0.717) is 0 Å². The van der Waals surface area contributed by atoms with Crippen molar-refractivity contribution in [2.45, 2.75) is 91.3 Å². The molecule has 7 aromatic carbocycles. The molecule has 63 heavy (non-hydrogen) atoms. The van der Waals surface area contributed by atoms with Gasteiger partial charge in [-0.25, -0.2) is 0 Å². The maximum atomic E-state index is 6.35. The average Bonchev–Trinajstić information content (AvgIpc) is 3.78. The molecular formula is C56H56BBrN2O2S. The molecule has 0 radical (unpaired) electrons. The largest absolute Gasteiger partial charge is 0.494 e. The molecule has 0 saturated carbocycles. The number of para-hydroxylation sites is 3. The van der Waals surface area contributed by atoms with Crippen molar-refractivity contribution < 1.29 is 9.31 Å². The van der Waals surface area contributed by atoms with Gasteiger partial charge >= 0.3 is 7.12 Å². The van der Waals surface area contributed by atoms with E-state index in [-0.39, 0.29) is 29.2 Å². The van der Waals surface area contributed by atoms with Crippen LogP contribution in [0.2, 0.25) is 0 Å². The van der Waals surface area contributed by atoms with E-state index in [9.17, 15) is 0 Å². The molecule has 4 nitrogen and oxygen atoms in total. The smallest absolute Gasteiger partial charge is 0.399 e. The molecule has 318 valence electrons. The van der Waals surface area contributed by atoms with Crippen LogP contribution in [0.15, 0.2) is 162 Å². The maximum Gasteiger partial charge on any atom is 0.494 e. The van der Waals surface area contributed by atoms with E-state index in [1.54, 1.807) is 0 Å². The van der Waals surface area contributed by atoms with Crippen molar-refractivity contribution in [3.05, 3.63) is 184 Å². The standard InChI is InChI=1S/C27H30BNO2.C27H20BrNS.C2H6/c1-25(2)21-14-10-11-15-23(21)29(20-12-8-7-9-13-20)24-17-16-19(18-22(24)25)28-30-26(3,4)27(5,6)31-28;1-27(2)20-10-4-5-11-22(20)29(23-15-14-17(28)16-21(23)27)24-12-7-9-19-18-8-3-6-13-25(18)30-26(19)24;1-2/h7-18H,1-6H3;3-16H,1-2H3;1-2H3. The number of thiophene rings is 1. The van der Waals surface area contributed by atoms with Crippen LogP contribution in [0.5, 0.6) is 0 Å². The molecule has 0 aliphatic carbocycles. The van der Waals surface area contributed by atoms with Crippen molar-refractivity contribution in [1.29, 1.82) is 0 Å². The third-order valence-electron chi connectivity index (χ3n) is 13.6. The Kier molecular flexibility index (Phi) is 11.0. The van der Waals surface area contributed by atoms with Gasteiger partial charge in [0.05, 0.1) is 44.3 Å². The molecule has 3 aliphatic heterocycles. The zero-order chi connectivity index (χ0) is 44.5. The molecule has 0 atom stereocenters. The van der Waals surface area contributed by atoms with Crippen molar-refractivity contribution in [3.63, 3.8) is 0 Å². The minimum absolute atomic E-state index is 0.0692. The van der Waals surface area contributed by atoms with Crippen LogP contribution in [-0.2, 0) is 20.1 Å². The molecule has 0 spiro atoms. The Morgan fingerprint density at radius 2 is 0.952 bits per heavy atom. The quantitative estimate of drug-likeness (QED) is 0.165. The number of benzene rings is 7. The van der Waals surface area contributed by atoms with Crippen molar-refractivity contribution in [1.82, 2.24) is 0 Å². The maximum absolute atomic E-state index is 6.35. The molecule has 0 N–H and O–H groups in total. The molecule has 1 saturated heterocycles. The highest BCUT2D eigenvalue weighted by Gasteiger charge is 2.52. The Balaban J connectivity index is 0.000000154. The molecule has 0 amide bonds. The van der Waals surface area contributed by atoms with E-state index in [2.05, 4.69) is 239 Å². The van der Waals surface area contributed by atoms with Crippen molar-refractivity contribution in [2.24, 2.45) is 0 Å². The number of rotatable bonds is 3. The first kappa shape index (κ1) is 43.1. The third-order valence-corrected chi connectivity index (χ3v) is 15.3. The second-order valence-corrected chi connectivity index (χ2v) is 20.5. The molecule has 4 heterocycles. The molecule has 11 rings (SSSR count). The van der Waals surface area contributed by atoms with Crippen LogP contribution in [0.1, 0.15) is 91.5 Å². The lowest BCUT2D eigenvalue weighted by Crippen LogP contribution is -2.41. The summed E-state index contributed by atoms with van der Waals surface area (Å²) in [6.45, 7) is 21.7. The minimum Gasteiger partial charge on any atom is -0.399 e. The molecule has 8 aromatic rings. The van der Waals surface area contributed by atoms with Crippen molar-refractivity contribution in [2.75, 3.05) is 9.80 Å². The van der Waals surface area contributed by atoms with Crippen LogP contribution >= 0.6 is 27.3 Å². The second kappa shape index (κ2) is 16.1. The van der Waals surface area contributed by atoms with Gasteiger partial charge in [-0.1, -0.05) is 155 Å². The normalized spacial score (nSPS) is 17.1. The third kappa shape index (κ3) is 7.13. The number of anilines is 6. The fourth-order valence-electron chi connectivity index (χ4n) is 9.55. The van der Waals surface area contributed by atoms with Crippen LogP contribution in [-0.4, -0.2) is 18.3 Å². The molecule has 0 bridgehead atoms. The molecular weight excluding hydrogens is 855 g/mol. The Labute approximate surface area is 386 Å². The first-order valence-electron chi connectivity index (χ1n) is 22.2. The fraction of sp³-hybridized carbons (Fsp3) is 0.250. The van der Waals surface area contributed by atoms with Gasteiger partial charge in [-0.3, -0.25) is 0 Å². The monoisotopic (exact) mass is 910 g/mol. The van der Waals surface area contributed by atoms with Gasteiger partial charge < -0.3 is 19.1 Å². The topological polar surface area (TPSA) is 24.9 Å². The van der Waals surface area contributed by atoms with Gasteiger partial charge in [0.25, 0.3) is 0 Å². The van der Waals surface area contributed by atoms with Crippen LogP contribution in [0, 0.1) is 0 Å². The first-order chi connectivity index (χ1) is 30.2. The van der Waals surface area contributed by atoms with Gasteiger partial charge in [-0.2, -0.15) is 0 Å². The molecule has 7 heteroatoms. The Morgan fingerprint density at radius 3 is 1.62 bits per heavy atom. The van der Waals surface area contributed by atoms with Gasteiger partial charge in [0.2, 0.25) is 0 Å². The van der Waals surface area contributed by atoms with E-state index in [1.807, 2.05) is 25.2 Å². The molecule has 1 aromatic heterocycles. The van der Waals surface area contributed by atoms with Gasteiger partial charge in [0.15, 0.2) is 0 Å². The zero-order valence-corrected chi connectivity index (χ0v) is 40.5. The van der Waals surface area contributed by atoms with Crippen LogP contribution in [0.4, 0.5) is 34.1 Å². The zero-order valence-electron chi connectivity index (χ0n) is 38.1. The number of hydrogen-bond acceptors (Lipinski definition) is 5. The van der Waals surface area contributed by atoms with Crippen molar-refractivity contribution >= 4 is 94.1 Å². The summed E-state index contributed by atoms with van der Waals surface area (Å²) in [6, 6.07) is 56.9. The lowest BCUT2D eigenvalue weighted by molar-refractivity contribution is 0.00578. The molecule has 3 aliphatic rings. The Bertz CT molecular complexity index is 2970. The van der Waals surface area contributed by atoms with Gasteiger partial charge in [0, 0.05) is 36.5 Å². The Morgan fingerprint density at radius 1 is 0.460 bits per heavy atom. The van der Waals surface area contributed by atoms with Crippen LogP contribution in [0.3, 0.4) is 0 Å². The summed E-state index contributed by atoms with van der Waals surface area (Å²) in [5.74, 6) is 0. The summed E-state index contributed by atoms with van der Waals surface area (Å²) >= 11 is 5.59. The van der Waals surface area contributed by atoms with Gasteiger partial charge in [-0.05, 0) is 116 Å². The highest BCUT2D eigenvalue weighted by atomic mass is 79.9. The second-order valence-electron chi connectivity index (χ2n) is 18.6. The summed E-state index contributed by atoms with van der Waals surface area (Å²) in [5, 5.41) is 2.66. The van der Waals surface area contributed by atoms with Crippen LogP contribution in [0.25, 0.3) is 20.2 Å². The SMILES string of the molecule is CC.CC1(C)c2ccccc2N(c2cccc3c2sc2ccccc23)c2ccc(Br)cc21.CC1(C)c2ccccc2N(c2ccccc2)c2ccc(B3OC(C)(C)C(C)(C)O3)cc21. The average molecular weight is 912 g/mol. The van der Waals surface area contributed by atoms with Gasteiger partial charge in [-0.15, -0.1) is 11.3 Å². The summed E-state index contributed by atoms with van der Waals surface area (Å²) in [5.41, 5.74) is 12.8. The van der Waals surface area contributed by atoms with Crippen molar-refractivity contribution in [3.8, 4) is 0 Å². The number of fused-ring (bicyclic) bond motifs is 7. The van der Waals surface area contributed by atoms with E-state index < -0.39 is 0 Å². The molecule has 1 fully saturated rings. The van der Waals surface area contributed by atoms with Crippen LogP contribution < -0.4 is 15.3 Å². The highest BCUT2D eigenvalue weighted by Crippen LogP contribution is 2.55. The summed E-state index contributed by atoms with van der Waals surface area (Å²) in [7, 11) is -0.367. The fourth-order valence-corrected chi connectivity index (χ4v) is 11.1. The minimum atomic E-state index is -0.367. The lowest BCUT2D eigenvalue weighted by Gasteiger charge is -2.42. The Hall–Kier alpha value is -5.18. The van der Waals surface area contributed by atoms with Gasteiger partial charge in [0.1, 0.15) is 0 Å². The number of halogens is 1. The van der Waals surface area contributed by atoms with E-state index in [4.69, 9.17) is 9.31 Å².